The molecule has 1 aromatic heterocycles. The summed E-state index contributed by atoms with van der Waals surface area (Å²) in [4.78, 5) is 0. The van der Waals surface area contributed by atoms with Crippen molar-refractivity contribution in [1.29, 1.82) is 0 Å². The summed E-state index contributed by atoms with van der Waals surface area (Å²) in [5, 5.41) is 8.57. The maximum atomic E-state index is 4.84. The molecule has 19 heavy (non-hydrogen) atoms. The highest BCUT2D eigenvalue weighted by molar-refractivity contribution is 5.06. The van der Waals surface area contributed by atoms with E-state index in [-0.39, 0.29) is 5.54 Å². The summed E-state index contributed by atoms with van der Waals surface area (Å²) in [6.45, 7) is 3.53. The minimum absolute atomic E-state index is 0.255. The first kappa shape index (κ1) is 13.2. The molecule has 0 spiro atoms. The van der Waals surface area contributed by atoms with Crippen molar-refractivity contribution in [2.45, 2.75) is 76.3 Å². The lowest BCUT2D eigenvalue weighted by Crippen LogP contribution is -2.43. The van der Waals surface area contributed by atoms with Gasteiger partial charge in [0.25, 0.3) is 0 Å². The Morgan fingerprint density at radius 2 is 2.11 bits per heavy atom. The number of hydrogen-bond acceptors (Lipinski definition) is 2. The van der Waals surface area contributed by atoms with Crippen LogP contribution in [0.3, 0.4) is 0 Å². The summed E-state index contributed by atoms with van der Waals surface area (Å²) >= 11 is 0. The highest BCUT2D eigenvalue weighted by atomic mass is 15.3. The third-order valence-electron chi connectivity index (χ3n) is 4.89. The lowest BCUT2D eigenvalue weighted by atomic mass is 9.91. The van der Waals surface area contributed by atoms with Crippen LogP contribution in [0.15, 0.2) is 12.3 Å². The largest absolute Gasteiger partial charge is 0.311 e. The van der Waals surface area contributed by atoms with E-state index >= 15 is 0 Å². The standard InChI is InChI=1S/C16H27N3/c1-16(10-5-2-6-11-17-16)13-14-9-12-19(18-14)15-7-3-4-8-15/h9,12,15,17H,2-8,10-11,13H2,1H3. The molecule has 1 saturated carbocycles. The normalized spacial score (nSPS) is 29.5. The fraction of sp³-hybridized carbons (Fsp3) is 0.812. The van der Waals surface area contributed by atoms with Crippen molar-refractivity contribution in [3.05, 3.63) is 18.0 Å². The molecule has 2 fully saturated rings. The summed E-state index contributed by atoms with van der Waals surface area (Å²) in [6.07, 6.45) is 14.0. The molecule has 1 atom stereocenters. The van der Waals surface area contributed by atoms with Gasteiger partial charge in [0.1, 0.15) is 0 Å². The fourth-order valence-electron chi connectivity index (χ4n) is 3.69. The van der Waals surface area contributed by atoms with Crippen LogP contribution < -0.4 is 5.32 Å². The van der Waals surface area contributed by atoms with Crippen LogP contribution >= 0.6 is 0 Å². The van der Waals surface area contributed by atoms with Crippen LogP contribution in [-0.4, -0.2) is 21.9 Å². The number of aromatic nitrogens is 2. The topological polar surface area (TPSA) is 29.9 Å². The van der Waals surface area contributed by atoms with Crippen molar-refractivity contribution in [3.8, 4) is 0 Å². The van der Waals surface area contributed by atoms with Crippen LogP contribution in [0.5, 0.6) is 0 Å². The Morgan fingerprint density at radius 3 is 2.95 bits per heavy atom. The summed E-state index contributed by atoms with van der Waals surface area (Å²) in [5.74, 6) is 0. The van der Waals surface area contributed by atoms with Gasteiger partial charge in [0.2, 0.25) is 0 Å². The predicted octanol–water partition coefficient (Wildman–Crippen LogP) is 3.46. The Hall–Kier alpha value is -0.830. The van der Waals surface area contributed by atoms with Crippen molar-refractivity contribution in [2.24, 2.45) is 0 Å². The van der Waals surface area contributed by atoms with Gasteiger partial charge in [-0.05, 0) is 45.2 Å². The number of rotatable bonds is 3. The SMILES string of the molecule is CC1(Cc2ccn(C3CCCC3)n2)CCCCCN1. The molecule has 3 nitrogen and oxygen atoms in total. The zero-order chi connectivity index (χ0) is 13.1. The average Bonchev–Trinajstić information content (AvgIpc) is 3.00. The molecular formula is C16H27N3. The molecule has 2 aliphatic rings. The molecule has 2 heterocycles. The van der Waals surface area contributed by atoms with Gasteiger partial charge in [-0.1, -0.05) is 25.7 Å². The predicted molar refractivity (Wildman–Crippen MR) is 78.3 cm³/mol. The van der Waals surface area contributed by atoms with E-state index in [1.807, 2.05) is 0 Å². The summed E-state index contributed by atoms with van der Waals surface area (Å²) in [5.41, 5.74) is 1.52. The van der Waals surface area contributed by atoms with Crippen molar-refractivity contribution in [1.82, 2.24) is 15.1 Å². The lowest BCUT2D eigenvalue weighted by molar-refractivity contribution is 0.340. The lowest BCUT2D eigenvalue weighted by Gasteiger charge is -2.28. The van der Waals surface area contributed by atoms with Gasteiger partial charge < -0.3 is 5.32 Å². The first-order chi connectivity index (χ1) is 9.25. The van der Waals surface area contributed by atoms with Gasteiger partial charge in [0, 0.05) is 18.2 Å². The quantitative estimate of drug-likeness (QED) is 0.903. The van der Waals surface area contributed by atoms with Gasteiger partial charge in [0.15, 0.2) is 0 Å². The second-order valence-corrected chi connectivity index (χ2v) is 6.70. The molecule has 0 aromatic carbocycles. The van der Waals surface area contributed by atoms with E-state index in [2.05, 4.69) is 29.2 Å². The third kappa shape index (κ3) is 3.19. The van der Waals surface area contributed by atoms with Crippen LogP contribution in [0.4, 0.5) is 0 Å². The molecule has 3 heteroatoms. The minimum Gasteiger partial charge on any atom is -0.311 e. The molecule has 1 aliphatic heterocycles. The molecule has 1 unspecified atom stereocenters. The van der Waals surface area contributed by atoms with Crippen LogP contribution in [0.25, 0.3) is 0 Å². The Bertz CT molecular complexity index is 396. The number of nitrogens with one attached hydrogen (secondary N) is 1. The van der Waals surface area contributed by atoms with Gasteiger partial charge in [0.05, 0.1) is 11.7 Å². The van der Waals surface area contributed by atoms with Crippen molar-refractivity contribution < 1.29 is 0 Å². The molecule has 1 aromatic rings. The fourth-order valence-corrected chi connectivity index (χ4v) is 3.69. The Morgan fingerprint density at radius 1 is 1.26 bits per heavy atom. The van der Waals surface area contributed by atoms with Crippen molar-refractivity contribution in [3.63, 3.8) is 0 Å². The van der Waals surface area contributed by atoms with Crippen molar-refractivity contribution >= 4 is 0 Å². The summed E-state index contributed by atoms with van der Waals surface area (Å²) < 4.78 is 2.22. The zero-order valence-electron chi connectivity index (χ0n) is 12.2. The molecule has 1 saturated heterocycles. The number of hydrogen-bond donors (Lipinski definition) is 1. The molecule has 1 N–H and O–H groups in total. The van der Waals surface area contributed by atoms with Crippen LogP contribution in [-0.2, 0) is 6.42 Å². The minimum atomic E-state index is 0.255. The van der Waals surface area contributed by atoms with E-state index in [4.69, 9.17) is 5.10 Å². The maximum Gasteiger partial charge on any atom is 0.0642 e. The smallest absolute Gasteiger partial charge is 0.0642 e. The summed E-state index contributed by atoms with van der Waals surface area (Å²) in [7, 11) is 0. The molecule has 1 aliphatic carbocycles. The Kier molecular flexibility index (Phi) is 3.92. The van der Waals surface area contributed by atoms with Gasteiger partial charge >= 0.3 is 0 Å². The first-order valence-corrected chi connectivity index (χ1v) is 8.04. The molecular weight excluding hydrogens is 234 g/mol. The van der Waals surface area contributed by atoms with E-state index in [1.165, 1.54) is 63.6 Å². The van der Waals surface area contributed by atoms with E-state index in [1.54, 1.807) is 0 Å². The van der Waals surface area contributed by atoms with Gasteiger partial charge in [-0.3, -0.25) is 4.68 Å². The van der Waals surface area contributed by atoms with Gasteiger partial charge in [-0.15, -0.1) is 0 Å². The Balaban J connectivity index is 1.65. The Labute approximate surface area is 116 Å². The highest BCUT2D eigenvalue weighted by Gasteiger charge is 2.26. The van der Waals surface area contributed by atoms with E-state index in [0.29, 0.717) is 6.04 Å². The van der Waals surface area contributed by atoms with Gasteiger partial charge in [-0.25, -0.2) is 0 Å². The second kappa shape index (κ2) is 5.66. The van der Waals surface area contributed by atoms with Crippen LogP contribution in [0.2, 0.25) is 0 Å². The van der Waals surface area contributed by atoms with Crippen LogP contribution in [0.1, 0.15) is 70.0 Å². The van der Waals surface area contributed by atoms with E-state index in [0.717, 1.165) is 6.42 Å². The number of nitrogens with zero attached hydrogens (tertiary/aromatic N) is 2. The molecule has 0 radical (unpaired) electrons. The van der Waals surface area contributed by atoms with E-state index < -0.39 is 0 Å². The van der Waals surface area contributed by atoms with Crippen LogP contribution in [0, 0.1) is 0 Å². The molecule has 0 bridgehead atoms. The maximum absolute atomic E-state index is 4.84. The first-order valence-electron chi connectivity index (χ1n) is 8.04. The molecule has 3 rings (SSSR count). The van der Waals surface area contributed by atoms with Crippen molar-refractivity contribution in [2.75, 3.05) is 6.54 Å². The monoisotopic (exact) mass is 261 g/mol. The summed E-state index contributed by atoms with van der Waals surface area (Å²) in [6, 6.07) is 2.90. The van der Waals surface area contributed by atoms with Gasteiger partial charge in [-0.2, -0.15) is 5.10 Å². The van der Waals surface area contributed by atoms with E-state index in [9.17, 15) is 0 Å². The zero-order valence-corrected chi connectivity index (χ0v) is 12.2. The average molecular weight is 261 g/mol. The highest BCUT2D eigenvalue weighted by Crippen LogP contribution is 2.29. The molecule has 0 amide bonds. The third-order valence-corrected chi connectivity index (χ3v) is 4.89. The second-order valence-electron chi connectivity index (χ2n) is 6.70. The molecule has 106 valence electrons.